The van der Waals surface area contributed by atoms with Crippen LogP contribution in [-0.4, -0.2) is 16.0 Å². The molecule has 2 N–H and O–H groups in total. The number of hydrogen-bond acceptors (Lipinski definition) is 3. The van der Waals surface area contributed by atoms with Gasteiger partial charge in [-0.3, -0.25) is 4.79 Å². The van der Waals surface area contributed by atoms with Crippen molar-refractivity contribution in [1.29, 1.82) is 0 Å². The van der Waals surface area contributed by atoms with E-state index in [0.717, 1.165) is 0 Å². The van der Waals surface area contributed by atoms with E-state index in [9.17, 15) is 14.3 Å². The Kier molecular flexibility index (Phi) is 2.97. The number of nitrogens with zero attached hydrogens (tertiary/aromatic N) is 1. The summed E-state index contributed by atoms with van der Waals surface area (Å²) in [7, 11) is 0. The number of rotatable bonds is 1. The Bertz CT molecular complexity index is 780. The van der Waals surface area contributed by atoms with Crippen molar-refractivity contribution >= 4 is 23.4 Å². The average molecular weight is 284 g/mol. The molecule has 0 aliphatic carbocycles. The number of fused-ring (bicyclic) bond motifs is 1. The number of benzene rings is 1. The molecule has 4 nitrogen and oxygen atoms in total. The zero-order chi connectivity index (χ0) is 15.1. The summed E-state index contributed by atoms with van der Waals surface area (Å²) in [5, 5.41) is 12.7. The molecule has 3 rings (SSSR count). The first-order chi connectivity index (χ1) is 9.97. The third-order valence-electron chi connectivity index (χ3n) is 3.52. The highest BCUT2D eigenvalue weighted by atomic mass is 19.1. The summed E-state index contributed by atoms with van der Waals surface area (Å²) in [5.41, 5.74) is 2.77. The minimum atomic E-state index is -0.334. The van der Waals surface area contributed by atoms with E-state index in [1.54, 1.807) is 32.1 Å². The van der Waals surface area contributed by atoms with E-state index in [-0.39, 0.29) is 17.5 Å². The molecule has 1 aliphatic rings. The van der Waals surface area contributed by atoms with Gasteiger partial charge in [0.1, 0.15) is 17.4 Å². The van der Waals surface area contributed by atoms with Crippen LogP contribution in [0.5, 0.6) is 5.75 Å². The van der Waals surface area contributed by atoms with E-state index in [2.05, 4.69) is 10.3 Å². The van der Waals surface area contributed by atoms with Crippen molar-refractivity contribution in [1.82, 2.24) is 4.98 Å². The number of nitrogens with one attached hydrogen (secondary N) is 1. The van der Waals surface area contributed by atoms with E-state index in [0.29, 0.717) is 33.8 Å². The molecule has 0 fully saturated rings. The first kappa shape index (κ1) is 13.3. The molecule has 1 aromatic carbocycles. The minimum absolute atomic E-state index is 0.0789. The van der Waals surface area contributed by atoms with E-state index in [1.165, 1.54) is 12.1 Å². The second-order valence-corrected chi connectivity index (χ2v) is 4.96. The average Bonchev–Trinajstić information content (AvgIpc) is 2.75. The quantitative estimate of drug-likeness (QED) is 0.791. The molecule has 0 bridgehead atoms. The summed E-state index contributed by atoms with van der Waals surface area (Å²) in [6.45, 7) is 3.41. The van der Waals surface area contributed by atoms with Gasteiger partial charge >= 0.3 is 0 Å². The number of amides is 1. The fourth-order valence-electron chi connectivity index (χ4n) is 2.42. The van der Waals surface area contributed by atoms with Crippen molar-refractivity contribution in [2.75, 3.05) is 5.32 Å². The zero-order valence-corrected chi connectivity index (χ0v) is 11.6. The van der Waals surface area contributed by atoms with Crippen LogP contribution in [0, 0.1) is 19.7 Å². The van der Waals surface area contributed by atoms with Crippen LogP contribution in [0.2, 0.25) is 0 Å². The predicted octanol–water partition coefficient (Wildman–Crippen LogP) is 3.04. The van der Waals surface area contributed by atoms with Crippen LogP contribution >= 0.6 is 0 Å². The van der Waals surface area contributed by atoms with Crippen molar-refractivity contribution in [2.24, 2.45) is 0 Å². The predicted molar refractivity (Wildman–Crippen MR) is 78.3 cm³/mol. The molecule has 106 valence electrons. The summed E-state index contributed by atoms with van der Waals surface area (Å²) >= 11 is 0. The molecule has 1 aliphatic heterocycles. The number of carbonyl (C=O) groups excluding carboxylic acids is 1. The van der Waals surface area contributed by atoms with Gasteiger partial charge in [-0.1, -0.05) is 12.1 Å². The molecular weight excluding hydrogens is 271 g/mol. The number of hydrogen-bond donors (Lipinski definition) is 2. The number of halogens is 1. The lowest BCUT2D eigenvalue weighted by atomic mass is 10.00. The Morgan fingerprint density at radius 3 is 2.57 bits per heavy atom. The minimum Gasteiger partial charge on any atom is -0.506 e. The first-order valence-electron chi connectivity index (χ1n) is 6.46. The van der Waals surface area contributed by atoms with Crippen LogP contribution in [0.25, 0.3) is 11.6 Å². The van der Waals surface area contributed by atoms with E-state index >= 15 is 0 Å². The number of carbonyl (C=O) groups is 1. The van der Waals surface area contributed by atoms with E-state index in [1.807, 2.05) is 0 Å². The molecule has 1 amide bonds. The fourth-order valence-corrected chi connectivity index (χ4v) is 2.42. The Morgan fingerprint density at radius 1 is 1.24 bits per heavy atom. The largest absolute Gasteiger partial charge is 0.506 e. The molecule has 1 aromatic heterocycles. The molecule has 2 heterocycles. The van der Waals surface area contributed by atoms with Gasteiger partial charge in [0.25, 0.3) is 5.91 Å². The van der Waals surface area contributed by atoms with Gasteiger partial charge in [-0.2, -0.15) is 0 Å². The lowest BCUT2D eigenvalue weighted by Gasteiger charge is -2.08. The summed E-state index contributed by atoms with van der Waals surface area (Å²) in [4.78, 5) is 16.3. The number of pyridine rings is 1. The smallest absolute Gasteiger partial charge is 0.257 e. The van der Waals surface area contributed by atoms with Crippen LogP contribution in [0.3, 0.4) is 0 Å². The molecule has 0 radical (unpaired) electrons. The molecular formula is C16H13FN2O2. The molecule has 0 spiro atoms. The number of aromatic hydroxyl groups is 1. The van der Waals surface area contributed by atoms with Crippen molar-refractivity contribution < 1.29 is 14.3 Å². The van der Waals surface area contributed by atoms with Crippen LogP contribution in [0.4, 0.5) is 10.2 Å². The summed E-state index contributed by atoms with van der Waals surface area (Å²) in [6.07, 6.45) is 1.66. The highest BCUT2D eigenvalue weighted by Gasteiger charge is 2.29. The number of aromatic nitrogens is 1. The van der Waals surface area contributed by atoms with Gasteiger partial charge < -0.3 is 10.4 Å². The van der Waals surface area contributed by atoms with Gasteiger partial charge in [0.05, 0.1) is 11.3 Å². The van der Waals surface area contributed by atoms with Crippen LogP contribution in [0.15, 0.2) is 24.3 Å². The van der Waals surface area contributed by atoms with Crippen molar-refractivity contribution in [3.8, 4) is 5.75 Å². The summed E-state index contributed by atoms with van der Waals surface area (Å²) in [6, 6.07) is 5.84. The molecule has 0 saturated carbocycles. The van der Waals surface area contributed by atoms with Crippen LogP contribution in [-0.2, 0) is 4.79 Å². The number of anilines is 1. The maximum absolute atomic E-state index is 12.9. The highest BCUT2D eigenvalue weighted by Crippen LogP contribution is 2.38. The second kappa shape index (κ2) is 4.70. The molecule has 21 heavy (non-hydrogen) atoms. The Labute approximate surface area is 121 Å². The van der Waals surface area contributed by atoms with Crippen molar-refractivity contribution in [3.05, 3.63) is 52.5 Å². The van der Waals surface area contributed by atoms with Gasteiger partial charge in [0.15, 0.2) is 0 Å². The van der Waals surface area contributed by atoms with Crippen molar-refractivity contribution in [3.63, 3.8) is 0 Å². The lowest BCUT2D eigenvalue weighted by molar-refractivity contribution is -0.110. The fraction of sp³-hybridized carbons (Fsp3) is 0.125. The molecule has 5 heteroatoms. The van der Waals surface area contributed by atoms with Gasteiger partial charge in [-0.05, 0) is 37.6 Å². The number of aryl methyl sites for hydroxylation is 1. The topological polar surface area (TPSA) is 62.2 Å². The van der Waals surface area contributed by atoms with Crippen molar-refractivity contribution in [2.45, 2.75) is 13.8 Å². The van der Waals surface area contributed by atoms with Gasteiger partial charge in [0.2, 0.25) is 0 Å². The Hall–Kier alpha value is -2.69. The standard InChI is InChI=1S/C16H13FN2O2/c1-8-13-12(7-10-3-5-11(17)6-4-10)16(21)19-15(13)18-9(2)14(8)20/h3-7,20H,1-2H3,(H,18,19,21). The monoisotopic (exact) mass is 284 g/mol. The summed E-state index contributed by atoms with van der Waals surface area (Å²) < 4.78 is 12.9. The third kappa shape index (κ3) is 2.16. The third-order valence-corrected chi connectivity index (χ3v) is 3.52. The molecule has 0 atom stereocenters. The van der Waals surface area contributed by atoms with Gasteiger partial charge in [-0.15, -0.1) is 0 Å². The lowest BCUT2D eigenvalue weighted by Crippen LogP contribution is -2.04. The molecule has 0 unspecified atom stereocenters. The Morgan fingerprint density at radius 2 is 1.90 bits per heavy atom. The normalized spacial score (nSPS) is 15.2. The maximum atomic E-state index is 12.9. The molecule has 2 aromatic rings. The van der Waals surface area contributed by atoms with Gasteiger partial charge in [-0.25, -0.2) is 9.37 Å². The van der Waals surface area contributed by atoms with Crippen LogP contribution < -0.4 is 5.32 Å². The maximum Gasteiger partial charge on any atom is 0.257 e. The van der Waals surface area contributed by atoms with E-state index < -0.39 is 0 Å². The highest BCUT2D eigenvalue weighted by molar-refractivity contribution is 6.35. The van der Waals surface area contributed by atoms with Crippen LogP contribution in [0.1, 0.15) is 22.4 Å². The second-order valence-electron chi connectivity index (χ2n) is 4.96. The SMILES string of the molecule is Cc1nc2c(c(C)c1O)C(=Cc1ccc(F)cc1)C(=O)N2. The van der Waals surface area contributed by atoms with E-state index in [4.69, 9.17) is 0 Å². The Balaban J connectivity index is 2.17. The first-order valence-corrected chi connectivity index (χ1v) is 6.46. The summed E-state index contributed by atoms with van der Waals surface area (Å²) in [5.74, 6) is -0.0918. The zero-order valence-electron chi connectivity index (χ0n) is 11.6. The van der Waals surface area contributed by atoms with Gasteiger partial charge in [0, 0.05) is 11.1 Å². The molecule has 0 saturated heterocycles.